The van der Waals surface area contributed by atoms with E-state index in [1.165, 1.54) is 12.1 Å². The van der Waals surface area contributed by atoms with E-state index in [-0.39, 0.29) is 31.1 Å². The summed E-state index contributed by atoms with van der Waals surface area (Å²) in [5.41, 5.74) is 17.1. The second kappa shape index (κ2) is 15.8. The Balaban J connectivity index is 3.06. The van der Waals surface area contributed by atoms with Crippen molar-refractivity contribution in [1.29, 1.82) is 0 Å². The number of benzene rings is 1. The van der Waals surface area contributed by atoms with Crippen molar-refractivity contribution in [2.24, 2.45) is 28.1 Å². The number of phenolic OH excluding ortho intramolecular Hbond substituents is 1. The van der Waals surface area contributed by atoms with Crippen LogP contribution in [-0.2, 0) is 30.4 Å². The first-order valence-electron chi connectivity index (χ1n) is 12.2. The number of carboxylic acids is 2. The number of phenols is 1. The maximum absolute atomic E-state index is 13.3. The summed E-state index contributed by atoms with van der Waals surface area (Å²) in [7, 11) is 0. The molecule has 1 aromatic carbocycles. The molecule has 0 spiro atoms. The molecule has 39 heavy (non-hydrogen) atoms. The molecule has 4 unspecified atom stereocenters. The van der Waals surface area contributed by atoms with E-state index < -0.39 is 66.2 Å². The van der Waals surface area contributed by atoms with Crippen molar-refractivity contribution in [1.82, 2.24) is 16.0 Å². The van der Waals surface area contributed by atoms with Gasteiger partial charge < -0.3 is 48.5 Å². The van der Waals surface area contributed by atoms with E-state index >= 15 is 0 Å². The first-order valence-corrected chi connectivity index (χ1v) is 12.2. The van der Waals surface area contributed by atoms with Crippen LogP contribution in [0.3, 0.4) is 0 Å². The topological polar surface area (TPSA) is 273 Å². The van der Waals surface area contributed by atoms with Gasteiger partial charge in [-0.15, -0.1) is 0 Å². The molecule has 0 aromatic heterocycles. The number of carbonyl (C=O) groups excluding carboxylic acids is 3. The summed E-state index contributed by atoms with van der Waals surface area (Å²) in [4.78, 5) is 65.0. The number of nitrogens with one attached hydrogen (secondary N) is 3. The van der Waals surface area contributed by atoms with E-state index in [0.29, 0.717) is 12.0 Å². The number of rotatable bonds is 16. The SMILES string of the molecule is CC(C)C(NC(=O)C(Cc1ccc(O)cc1)NC(=O)C(N)CCCN=C(N)N)C(=O)NC(CC(=O)O)C(=O)O. The summed E-state index contributed by atoms with van der Waals surface area (Å²) in [5, 5.41) is 34.9. The number of hydrogen-bond acceptors (Lipinski definition) is 8. The van der Waals surface area contributed by atoms with Crippen LogP contribution >= 0.6 is 0 Å². The maximum atomic E-state index is 13.3. The van der Waals surface area contributed by atoms with Gasteiger partial charge in [-0.05, 0) is 36.5 Å². The van der Waals surface area contributed by atoms with E-state index in [2.05, 4.69) is 20.9 Å². The average molecular weight is 552 g/mol. The molecule has 0 aliphatic heterocycles. The molecule has 1 aromatic rings. The zero-order chi connectivity index (χ0) is 29.7. The molecule has 3 amide bonds. The quantitative estimate of drug-likeness (QED) is 0.0614. The smallest absolute Gasteiger partial charge is 0.326 e. The fourth-order valence-corrected chi connectivity index (χ4v) is 3.43. The second-order valence-corrected chi connectivity index (χ2v) is 9.21. The average Bonchev–Trinajstić information content (AvgIpc) is 2.84. The molecule has 0 heterocycles. The van der Waals surface area contributed by atoms with Crippen molar-refractivity contribution in [2.45, 2.75) is 63.7 Å². The number of aromatic hydroxyl groups is 1. The van der Waals surface area contributed by atoms with Crippen molar-refractivity contribution in [3.05, 3.63) is 29.8 Å². The molecule has 0 saturated heterocycles. The van der Waals surface area contributed by atoms with Crippen molar-refractivity contribution >= 4 is 35.6 Å². The monoisotopic (exact) mass is 551 g/mol. The Bertz CT molecular complexity index is 1040. The van der Waals surface area contributed by atoms with Crippen molar-refractivity contribution in [3.8, 4) is 5.75 Å². The van der Waals surface area contributed by atoms with Crippen LogP contribution in [0.25, 0.3) is 0 Å². The summed E-state index contributed by atoms with van der Waals surface area (Å²) < 4.78 is 0. The summed E-state index contributed by atoms with van der Waals surface area (Å²) in [6.07, 6.45) is -0.270. The van der Waals surface area contributed by atoms with Crippen molar-refractivity contribution in [3.63, 3.8) is 0 Å². The predicted molar refractivity (Wildman–Crippen MR) is 140 cm³/mol. The van der Waals surface area contributed by atoms with Crippen LogP contribution in [0, 0.1) is 5.92 Å². The highest BCUT2D eigenvalue weighted by molar-refractivity contribution is 5.94. The van der Waals surface area contributed by atoms with Gasteiger partial charge in [0.15, 0.2) is 5.96 Å². The Morgan fingerprint density at radius 1 is 0.897 bits per heavy atom. The minimum Gasteiger partial charge on any atom is -0.508 e. The molecule has 216 valence electrons. The zero-order valence-corrected chi connectivity index (χ0v) is 21.8. The van der Waals surface area contributed by atoms with Crippen LogP contribution in [0.2, 0.25) is 0 Å². The Morgan fingerprint density at radius 3 is 2.00 bits per heavy atom. The van der Waals surface area contributed by atoms with E-state index in [1.54, 1.807) is 26.0 Å². The molecular formula is C24H37N7O8. The number of carboxylic acid groups (broad SMARTS) is 2. The molecule has 0 fully saturated rings. The number of amides is 3. The molecule has 1 rings (SSSR count). The Hall–Kier alpha value is -4.40. The fraction of sp³-hybridized carbons (Fsp3) is 0.500. The first-order chi connectivity index (χ1) is 18.2. The third kappa shape index (κ3) is 12.1. The lowest BCUT2D eigenvalue weighted by Crippen LogP contribution is -2.59. The van der Waals surface area contributed by atoms with Gasteiger partial charge >= 0.3 is 11.9 Å². The number of nitrogens with zero attached hydrogens (tertiary/aromatic N) is 1. The number of aliphatic carboxylic acids is 2. The number of guanidine groups is 1. The largest absolute Gasteiger partial charge is 0.508 e. The minimum atomic E-state index is -1.71. The lowest BCUT2D eigenvalue weighted by atomic mass is 10.00. The first kappa shape index (κ1) is 32.6. The fourth-order valence-electron chi connectivity index (χ4n) is 3.43. The summed E-state index contributed by atoms with van der Waals surface area (Å²) in [5.74, 6) is -5.92. The maximum Gasteiger partial charge on any atom is 0.326 e. The Morgan fingerprint density at radius 2 is 1.49 bits per heavy atom. The van der Waals surface area contributed by atoms with E-state index in [4.69, 9.17) is 22.3 Å². The molecule has 0 aliphatic rings. The molecule has 4 atom stereocenters. The van der Waals surface area contributed by atoms with Gasteiger partial charge in [0.1, 0.15) is 23.9 Å². The third-order valence-corrected chi connectivity index (χ3v) is 5.55. The molecule has 0 bridgehead atoms. The van der Waals surface area contributed by atoms with Gasteiger partial charge in [0, 0.05) is 13.0 Å². The molecule has 0 aliphatic carbocycles. The van der Waals surface area contributed by atoms with Gasteiger partial charge in [-0.2, -0.15) is 0 Å². The lowest BCUT2D eigenvalue weighted by Gasteiger charge is -2.27. The number of nitrogens with two attached hydrogens (primary N) is 3. The van der Waals surface area contributed by atoms with Gasteiger partial charge in [-0.1, -0.05) is 26.0 Å². The lowest BCUT2D eigenvalue weighted by molar-refractivity contribution is -0.147. The van der Waals surface area contributed by atoms with E-state index in [0.717, 1.165) is 0 Å². The van der Waals surface area contributed by atoms with Crippen LogP contribution in [-0.4, -0.2) is 81.7 Å². The highest BCUT2D eigenvalue weighted by Crippen LogP contribution is 2.13. The van der Waals surface area contributed by atoms with E-state index in [1.807, 2.05) is 0 Å². The van der Waals surface area contributed by atoms with Crippen molar-refractivity contribution < 1.29 is 39.3 Å². The highest BCUT2D eigenvalue weighted by atomic mass is 16.4. The highest BCUT2D eigenvalue weighted by Gasteiger charge is 2.32. The zero-order valence-electron chi connectivity index (χ0n) is 21.8. The van der Waals surface area contributed by atoms with Gasteiger partial charge in [0.2, 0.25) is 17.7 Å². The van der Waals surface area contributed by atoms with Gasteiger partial charge in [-0.25, -0.2) is 4.79 Å². The van der Waals surface area contributed by atoms with Gasteiger partial charge in [0.05, 0.1) is 12.5 Å². The van der Waals surface area contributed by atoms with Crippen LogP contribution in [0.1, 0.15) is 38.7 Å². The van der Waals surface area contributed by atoms with Crippen LogP contribution in [0.15, 0.2) is 29.3 Å². The molecule has 0 radical (unpaired) electrons. The van der Waals surface area contributed by atoms with Crippen molar-refractivity contribution in [2.75, 3.05) is 6.54 Å². The standard InChI is InChI=1S/C24H37N7O8/c1-12(2)19(22(37)30-17(23(38)39)11-18(33)34)31-21(36)16(10-13-5-7-14(32)8-6-13)29-20(35)15(25)4-3-9-28-24(26)27/h5-8,12,15-17,19,32H,3-4,9-11,25H2,1-2H3,(H,29,35)(H,30,37)(H,31,36)(H,33,34)(H,38,39)(H4,26,27,28). The van der Waals surface area contributed by atoms with Crippen LogP contribution < -0.4 is 33.2 Å². The summed E-state index contributed by atoms with van der Waals surface area (Å²) in [6.45, 7) is 3.44. The van der Waals surface area contributed by atoms with Crippen LogP contribution in [0.4, 0.5) is 0 Å². The number of carbonyl (C=O) groups is 5. The third-order valence-electron chi connectivity index (χ3n) is 5.55. The second-order valence-electron chi connectivity index (χ2n) is 9.21. The Labute approximate surface area is 225 Å². The van der Waals surface area contributed by atoms with Gasteiger partial charge in [-0.3, -0.25) is 24.2 Å². The normalized spacial score (nSPS) is 13.8. The van der Waals surface area contributed by atoms with E-state index in [9.17, 15) is 34.2 Å². The molecule has 15 heteroatoms. The molecule has 12 N–H and O–H groups in total. The minimum absolute atomic E-state index is 0.00234. The molecule has 0 saturated carbocycles. The Kier molecular flexibility index (Phi) is 13.2. The number of hydrogen-bond donors (Lipinski definition) is 9. The molecule has 15 nitrogen and oxygen atoms in total. The molecular weight excluding hydrogens is 514 g/mol. The summed E-state index contributed by atoms with van der Waals surface area (Å²) >= 11 is 0. The van der Waals surface area contributed by atoms with Crippen LogP contribution in [0.5, 0.6) is 5.75 Å². The van der Waals surface area contributed by atoms with Gasteiger partial charge in [0.25, 0.3) is 0 Å². The summed E-state index contributed by atoms with van der Waals surface area (Å²) in [6, 6.07) is 0.749. The predicted octanol–water partition coefficient (Wildman–Crippen LogP) is -2.01. The number of aliphatic imine (C=N–C) groups is 1.